The minimum atomic E-state index is -0.806. The van der Waals surface area contributed by atoms with Crippen molar-refractivity contribution >= 4 is 44.8 Å². The van der Waals surface area contributed by atoms with Gasteiger partial charge in [-0.3, -0.25) is 9.69 Å². The Kier molecular flexibility index (Phi) is 2.79. The number of anilines is 2. The van der Waals surface area contributed by atoms with Crippen LogP contribution in [-0.4, -0.2) is 17.2 Å². The van der Waals surface area contributed by atoms with Crippen LogP contribution in [0.2, 0.25) is 5.02 Å². The van der Waals surface area contributed by atoms with Crippen LogP contribution in [0.3, 0.4) is 0 Å². The summed E-state index contributed by atoms with van der Waals surface area (Å²) in [5.41, 5.74) is 2.67. The van der Waals surface area contributed by atoms with E-state index < -0.39 is 12.3 Å². The molecule has 6 heteroatoms. The normalized spacial score (nSPS) is 22.4. The Hall–Kier alpha value is -1.56. The van der Waals surface area contributed by atoms with Gasteiger partial charge in [-0.1, -0.05) is 27.5 Å². The highest BCUT2D eigenvalue weighted by atomic mass is 79.9. The standard InChI is InChI=1S/C15H10BrClN2O2/c16-7-1-3-11-9(5-7)15(21)19-12-4-2-8(17)6-10(12)13(20)14(19)18-11/h1-6,13-14,18,20H/t13-,14-/m1/s1. The van der Waals surface area contributed by atoms with Crippen molar-refractivity contribution in [1.82, 2.24) is 0 Å². The Morgan fingerprint density at radius 1 is 1.24 bits per heavy atom. The van der Waals surface area contributed by atoms with Gasteiger partial charge >= 0.3 is 0 Å². The number of rotatable bonds is 0. The van der Waals surface area contributed by atoms with Gasteiger partial charge in [0.1, 0.15) is 12.3 Å². The Labute approximate surface area is 134 Å². The largest absolute Gasteiger partial charge is 0.384 e. The first-order valence-electron chi connectivity index (χ1n) is 6.43. The van der Waals surface area contributed by atoms with Crippen molar-refractivity contribution in [3.05, 3.63) is 57.0 Å². The number of hydrogen-bond donors (Lipinski definition) is 2. The van der Waals surface area contributed by atoms with E-state index in [4.69, 9.17) is 11.6 Å². The summed E-state index contributed by atoms with van der Waals surface area (Å²) < 4.78 is 0.839. The zero-order chi connectivity index (χ0) is 14.7. The van der Waals surface area contributed by atoms with E-state index in [9.17, 15) is 9.90 Å². The molecule has 0 aromatic heterocycles. The van der Waals surface area contributed by atoms with Crippen LogP contribution < -0.4 is 10.2 Å². The molecule has 0 saturated carbocycles. The minimum absolute atomic E-state index is 0.129. The fourth-order valence-electron chi connectivity index (χ4n) is 2.93. The smallest absolute Gasteiger partial charge is 0.262 e. The second-order valence-electron chi connectivity index (χ2n) is 5.10. The molecule has 0 radical (unpaired) electrons. The predicted octanol–water partition coefficient (Wildman–Crippen LogP) is 3.55. The first-order chi connectivity index (χ1) is 10.1. The van der Waals surface area contributed by atoms with Crippen molar-refractivity contribution in [3.63, 3.8) is 0 Å². The zero-order valence-electron chi connectivity index (χ0n) is 10.7. The summed E-state index contributed by atoms with van der Waals surface area (Å²) in [6.45, 7) is 0. The number of halogens is 2. The molecule has 0 saturated heterocycles. The molecule has 106 valence electrons. The van der Waals surface area contributed by atoms with Crippen molar-refractivity contribution in [1.29, 1.82) is 0 Å². The lowest BCUT2D eigenvalue weighted by Crippen LogP contribution is -2.48. The molecular weight excluding hydrogens is 356 g/mol. The average molecular weight is 366 g/mol. The molecule has 2 aromatic carbocycles. The van der Waals surface area contributed by atoms with Crippen molar-refractivity contribution in [2.24, 2.45) is 0 Å². The minimum Gasteiger partial charge on any atom is -0.384 e. The maximum Gasteiger partial charge on any atom is 0.262 e. The number of aliphatic hydroxyl groups excluding tert-OH is 1. The first-order valence-corrected chi connectivity index (χ1v) is 7.60. The number of nitrogens with zero attached hydrogens (tertiary/aromatic N) is 1. The van der Waals surface area contributed by atoms with Crippen molar-refractivity contribution in [3.8, 4) is 0 Å². The van der Waals surface area contributed by atoms with E-state index in [0.29, 0.717) is 21.8 Å². The van der Waals surface area contributed by atoms with Gasteiger partial charge in [-0.25, -0.2) is 0 Å². The highest BCUT2D eigenvalue weighted by Gasteiger charge is 2.44. The van der Waals surface area contributed by atoms with Crippen LogP contribution in [0.5, 0.6) is 0 Å². The molecule has 4 nitrogen and oxygen atoms in total. The van der Waals surface area contributed by atoms with Gasteiger partial charge < -0.3 is 10.4 Å². The predicted molar refractivity (Wildman–Crippen MR) is 84.8 cm³/mol. The Bertz CT molecular complexity index is 780. The molecule has 2 N–H and O–H groups in total. The van der Waals surface area contributed by atoms with Crippen LogP contribution >= 0.6 is 27.5 Å². The maximum atomic E-state index is 12.8. The number of amides is 1. The summed E-state index contributed by atoms with van der Waals surface area (Å²) >= 11 is 9.37. The molecule has 2 atom stereocenters. The Morgan fingerprint density at radius 2 is 2.05 bits per heavy atom. The maximum absolute atomic E-state index is 12.8. The van der Waals surface area contributed by atoms with Gasteiger partial charge in [0.05, 0.1) is 11.3 Å². The number of benzene rings is 2. The van der Waals surface area contributed by atoms with Gasteiger partial charge in [0.2, 0.25) is 0 Å². The van der Waals surface area contributed by atoms with E-state index in [2.05, 4.69) is 21.2 Å². The van der Waals surface area contributed by atoms with Crippen LogP contribution in [0.25, 0.3) is 0 Å². The van der Waals surface area contributed by atoms with Gasteiger partial charge in [-0.2, -0.15) is 0 Å². The number of aliphatic hydroxyl groups is 1. The summed E-state index contributed by atoms with van der Waals surface area (Å²) in [5.74, 6) is -0.129. The Balaban J connectivity index is 1.89. The van der Waals surface area contributed by atoms with E-state index in [0.717, 1.165) is 10.2 Å². The lowest BCUT2D eigenvalue weighted by atomic mass is 10.1. The van der Waals surface area contributed by atoms with E-state index in [1.165, 1.54) is 0 Å². The molecule has 2 aliphatic heterocycles. The summed E-state index contributed by atoms with van der Waals surface area (Å²) in [4.78, 5) is 14.4. The van der Waals surface area contributed by atoms with Crippen molar-refractivity contribution < 1.29 is 9.90 Å². The van der Waals surface area contributed by atoms with Crippen molar-refractivity contribution in [2.75, 3.05) is 10.2 Å². The average Bonchev–Trinajstić information content (AvgIpc) is 2.73. The number of carbonyl (C=O) groups excluding carboxylic acids is 1. The third-order valence-electron chi connectivity index (χ3n) is 3.88. The molecular formula is C15H10BrClN2O2. The molecule has 0 unspecified atom stereocenters. The van der Waals surface area contributed by atoms with Gasteiger partial charge in [-0.05, 0) is 36.4 Å². The molecule has 2 aromatic rings. The third-order valence-corrected chi connectivity index (χ3v) is 4.61. The Morgan fingerprint density at radius 3 is 2.86 bits per heavy atom. The van der Waals surface area contributed by atoms with Gasteiger partial charge in [0.25, 0.3) is 5.91 Å². The SMILES string of the molecule is O=C1c2cc(Br)ccc2N[C@H]2[C@H](O)c3cc(Cl)ccc3N12. The van der Waals surface area contributed by atoms with Crippen LogP contribution in [-0.2, 0) is 0 Å². The number of hydrogen-bond acceptors (Lipinski definition) is 3. The highest BCUT2D eigenvalue weighted by molar-refractivity contribution is 9.10. The number of fused-ring (bicyclic) bond motifs is 4. The molecule has 0 spiro atoms. The van der Waals surface area contributed by atoms with Crippen LogP contribution in [0.15, 0.2) is 40.9 Å². The molecule has 1 amide bonds. The molecule has 0 bridgehead atoms. The quantitative estimate of drug-likeness (QED) is 0.751. The number of carbonyl (C=O) groups is 1. The first kappa shape index (κ1) is 13.1. The summed E-state index contributed by atoms with van der Waals surface area (Å²) in [7, 11) is 0. The van der Waals surface area contributed by atoms with Crippen molar-refractivity contribution in [2.45, 2.75) is 12.3 Å². The molecule has 4 rings (SSSR count). The highest BCUT2D eigenvalue weighted by Crippen LogP contribution is 2.44. The van der Waals surface area contributed by atoms with E-state index in [-0.39, 0.29) is 5.91 Å². The van der Waals surface area contributed by atoms with Crippen LogP contribution in [0.1, 0.15) is 22.0 Å². The number of nitrogens with one attached hydrogen (secondary N) is 1. The van der Waals surface area contributed by atoms with E-state index in [1.807, 2.05) is 12.1 Å². The van der Waals surface area contributed by atoms with Gasteiger partial charge in [-0.15, -0.1) is 0 Å². The fraction of sp³-hybridized carbons (Fsp3) is 0.133. The molecule has 21 heavy (non-hydrogen) atoms. The molecule has 2 heterocycles. The van der Waals surface area contributed by atoms with E-state index >= 15 is 0 Å². The summed E-state index contributed by atoms with van der Waals surface area (Å²) in [5, 5.41) is 14.2. The fourth-order valence-corrected chi connectivity index (χ4v) is 3.47. The van der Waals surface area contributed by atoms with Gasteiger partial charge in [0.15, 0.2) is 0 Å². The molecule has 2 aliphatic rings. The molecule has 0 fully saturated rings. The summed E-state index contributed by atoms with van der Waals surface area (Å²) in [6, 6.07) is 10.7. The zero-order valence-corrected chi connectivity index (χ0v) is 13.0. The lowest BCUT2D eigenvalue weighted by Gasteiger charge is -2.34. The topological polar surface area (TPSA) is 52.6 Å². The van der Waals surface area contributed by atoms with Gasteiger partial charge in [0, 0.05) is 20.7 Å². The third kappa shape index (κ3) is 1.81. The lowest BCUT2D eigenvalue weighted by molar-refractivity contribution is 0.0940. The second kappa shape index (κ2) is 4.47. The monoisotopic (exact) mass is 364 g/mol. The second-order valence-corrected chi connectivity index (χ2v) is 6.45. The molecule has 0 aliphatic carbocycles. The van der Waals surface area contributed by atoms with E-state index in [1.54, 1.807) is 29.2 Å². The van der Waals surface area contributed by atoms with Crippen LogP contribution in [0, 0.1) is 0 Å². The summed E-state index contributed by atoms with van der Waals surface area (Å²) in [6.07, 6.45) is -1.31. The van der Waals surface area contributed by atoms with Crippen LogP contribution in [0.4, 0.5) is 11.4 Å².